The van der Waals surface area contributed by atoms with Crippen LogP contribution < -0.4 is 9.47 Å². The van der Waals surface area contributed by atoms with Crippen molar-refractivity contribution in [2.45, 2.75) is 6.54 Å². The summed E-state index contributed by atoms with van der Waals surface area (Å²) in [4.78, 5) is 18.0. The number of likely N-dealkylation sites (N-methyl/N-ethyl adjacent to an activating group) is 1. The first-order valence-electron chi connectivity index (χ1n) is 9.51. The van der Waals surface area contributed by atoms with E-state index >= 15 is 0 Å². The van der Waals surface area contributed by atoms with E-state index in [9.17, 15) is 4.79 Å². The van der Waals surface area contributed by atoms with E-state index in [4.69, 9.17) is 32.7 Å². The predicted octanol–water partition coefficient (Wildman–Crippen LogP) is 3.90. The average molecular weight is 475 g/mol. The van der Waals surface area contributed by atoms with Crippen LogP contribution in [0.3, 0.4) is 0 Å². The smallest absolute Gasteiger partial charge is 0.243 e. The molecule has 0 saturated heterocycles. The number of rotatable bonds is 6. The SMILES string of the molecule is COc1cc(OC)c(Cl)c(-c2cc3[nH]nc(-c4cnn(CC(=O)N(C)C)c4)c3cn2)c1Cl. The maximum absolute atomic E-state index is 11.9. The molecule has 1 amide bonds. The summed E-state index contributed by atoms with van der Waals surface area (Å²) in [6.07, 6.45) is 5.11. The summed E-state index contributed by atoms with van der Waals surface area (Å²) in [5, 5.41) is 13.1. The third kappa shape index (κ3) is 3.85. The van der Waals surface area contributed by atoms with Gasteiger partial charge in [-0.05, 0) is 6.07 Å². The van der Waals surface area contributed by atoms with Crippen molar-refractivity contribution in [2.24, 2.45) is 0 Å². The molecule has 0 spiro atoms. The van der Waals surface area contributed by atoms with Crippen LogP contribution in [0.1, 0.15) is 0 Å². The molecule has 4 rings (SSSR count). The van der Waals surface area contributed by atoms with Crippen molar-refractivity contribution in [3.8, 4) is 34.0 Å². The van der Waals surface area contributed by atoms with Gasteiger partial charge in [0.2, 0.25) is 5.91 Å². The van der Waals surface area contributed by atoms with Crippen LogP contribution in [0, 0.1) is 0 Å². The number of halogens is 2. The Hall–Kier alpha value is -3.30. The van der Waals surface area contributed by atoms with Crippen molar-refractivity contribution in [3.63, 3.8) is 0 Å². The van der Waals surface area contributed by atoms with Crippen molar-refractivity contribution < 1.29 is 14.3 Å². The molecule has 166 valence electrons. The predicted molar refractivity (Wildman–Crippen MR) is 122 cm³/mol. The van der Waals surface area contributed by atoms with E-state index in [1.165, 1.54) is 19.1 Å². The van der Waals surface area contributed by atoms with Crippen LogP contribution >= 0.6 is 23.2 Å². The van der Waals surface area contributed by atoms with Gasteiger partial charge in [-0.2, -0.15) is 10.2 Å². The maximum Gasteiger partial charge on any atom is 0.243 e. The minimum absolute atomic E-state index is 0.0553. The van der Waals surface area contributed by atoms with Gasteiger partial charge in [0.1, 0.15) is 23.7 Å². The molecular formula is C21H20Cl2N6O3. The van der Waals surface area contributed by atoms with Gasteiger partial charge >= 0.3 is 0 Å². The fourth-order valence-corrected chi connectivity index (χ4v) is 3.93. The molecule has 4 aromatic rings. The number of fused-ring (bicyclic) bond motifs is 1. The second-order valence-electron chi connectivity index (χ2n) is 7.19. The summed E-state index contributed by atoms with van der Waals surface area (Å²) in [5.74, 6) is 0.796. The Morgan fingerprint density at radius 3 is 2.44 bits per heavy atom. The van der Waals surface area contributed by atoms with E-state index in [-0.39, 0.29) is 12.5 Å². The molecule has 0 saturated carbocycles. The van der Waals surface area contributed by atoms with Crippen molar-refractivity contribution >= 4 is 40.0 Å². The molecular weight excluding hydrogens is 455 g/mol. The summed E-state index contributed by atoms with van der Waals surface area (Å²) < 4.78 is 12.3. The molecule has 1 aromatic carbocycles. The third-order valence-corrected chi connectivity index (χ3v) is 5.73. The number of pyridine rings is 1. The van der Waals surface area contributed by atoms with E-state index in [0.717, 1.165) is 16.5 Å². The van der Waals surface area contributed by atoms with Crippen LogP contribution in [-0.2, 0) is 11.3 Å². The van der Waals surface area contributed by atoms with Crippen molar-refractivity contribution in [1.29, 1.82) is 0 Å². The minimum Gasteiger partial charge on any atom is -0.495 e. The monoisotopic (exact) mass is 474 g/mol. The molecule has 9 nitrogen and oxygen atoms in total. The molecule has 1 N–H and O–H groups in total. The largest absolute Gasteiger partial charge is 0.495 e. The summed E-state index contributed by atoms with van der Waals surface area (Å²) in [6.45, 7) is 0.145. The molecule has 0 bridgehead atoms. The zero-order chi connectivity index (χ0) is 23.0. The van der Waals surface area contributed by atoms with Crippen LogP contribution in [0.4, 0.5) is 0 Å². The summed E-state index contributed by atoms with van der Waals surface area (Å²) in [5.41, 5.74) is 3.19. The van der Waals surface area contributed by atoms with Crippen LogP contribution in [0.2, 0.25) is 10.0 Å². The fourth-order valence-electron chi connectivity index (χ4n) is 3.23. The molecule has 3 aromatic heterocycles. The normalized spacial score (nSPS) is 11.1. The van der Waals surface area contributed by atoms with E-state index in [1.54, 1.807) is 49.5 Å². The number of ether oxygens (including phenoxy) is 2. The lowest BCUT2D eigenvalue weighted by atomic mass is 10.1. The number of aromatic amines is 1. The molecule has 0 unspecified atom stereocenters. The Labute approximate surface area is 193 Å². The van der Waals surface area contributed by atoms with Crippen molar-refractivity contribution in [2.75, 3.05) is 28.3 Å². The number of amides is 1. The highest BCUT2D eigenvalue weighted by Gasteiger charge is 2.21. The number of carbonyl (C=O) groups is 1. The van der Waals surface area contributed by atoms with E-state index in [0.29, 0.717) is 38.5 Å². The quantitative estimate of drug-likeness (QED) is 0.454. The molecule has 3 heterocycles. The number of methoxy groups -OCH3 is 2. The molecule has 0 aliphatic carbocycles. The third-order valence-electron chi connectivity index (χ3n) is 4.98. The lowest BCUT2D eigenvalue weighted by Gasteiger charge is -2.14. The molecule has 32 heavy (non-hydrogen) atoms. The number of hydrogen-bond acceptors (Lipinski definition) is 6. The van der Waals surface area contributed by atoms with Crippen LogP contribution in [0.15, 0.2) is 30.7 Å². The van der Waals surface area contributed by atoms with E-state index in [1.807, 2.05) is 0 Å². The highest BCUT2D eigenvalue weighted by atomic mass is 35.5. The zero-order valence-corrected chi connectivity index (χ0v) is 19.3. The highest BCUT2D eigenvalue weighted by Crippen LogP contribution is 2.45. The molecule has 0 radical (unpaired) electrons. The minimum atomic E-state index is -0.0553. The summed E-state index contributed by atoms with van der Waals surface area (Å²) >= 11 is 13.0. The van der Waals surface area contributed by atoms with Gasteiger partial charge in [-0.25, -0.2) is 0 Å². The molecule has 0 aliphatic rings. The number of benzene rings is 1. The van der Waals surface area contributed by atoms with Gasteiger partial charge in [-0.3, -0.25) is 19.6 Å². The maximum atomic E-state index is 11.9. The van der Waals surface area contributed by atoms with Gasteiger partial charge in [-0.15, -0.1) is 0 Å². The molecule has 11 heteroatoms. The van der Waals surface area contributed by atoms with Gasteiger partial charge in [0.15, 0.2) is 0 Å². The van der Waals surface area contributed by atoms with Crippen LogP contribution in [0.5, 0.6) is 11.5 Å². The Bertz CT molecular complexity index is 1290. The summed E-state index contributed by atoms with van der Waals surface area (Å²) in [7, 11) is 6.44. The number of H-pyrrole nitrogens is 1. The average Bonchev–Trinajstić information content (AvgIpc) is 3.40. The number of nitrogens with zero attached hydrogens (tertiary/aromatic N) is 5. The van der Waals surface area contributed by atoms with E-state index < -0.39 is 0 Å². The van der Waals surface area contributed by atoms with Gasteiger partial charge in [0, 0.05) is 49.1 Å². The first kappa shape index (κ1) is 21.9. The van der Waals surface area contributed by atoms with Crippen molar-refractivity contribution in [3.05, 3.63) is 40.8 Å². The molecule has 0 fully saturated rings. The Morgan fingerprint density at radius 2 is 1.81 bits per heavy atom. The van der Waals surface area contributed by atoms with Gasteiger partial charge in [-0.1, -0.05) is 23.2 Å². The number of nitrogens with one attached hydrogen (secondary N) is 1. The van der Waals surface area contributed by atoms with Gasteiger partial charge in [0.25, 0.3) is 0 Å². The zero-order valence-electron chi connectivity index (χ0n) is 17.8. The van der Waals surface area contributed by atoms with E-state index in [2.05, 4.69) is 20.3 Å². The van der Waals surface area contributed by atoms with Crippen molar-refractivity contribution in [1.82, 2.24) is 29.9 Å². The Morgan fingerprint density at radius 1 is 1.12 bits per heavy atom. The summed E-state index contributed by atoms with van der Waals surface area (Å²) in [6, 6.07) is 3.43. The van der Waals surface area contributed by atoms with Gasteiger partial charge < -0.3 is 14.4 Å². The lowest BCUT2D eigenvalue weighted by Crippen LogP contribution is -2.26. The first-order chi connectivity index (χ1) is 15.3. The van der Waals surface area contributed by atoms with Gasteiger partial charge in [0.05, 0.1) is 41.7 Å². The van der Waals surface area contributed by atoms with Crippen LogP contribution in [-0.4, -0.2) is 64.1 Å². The second-order valence-corrected chi connectivity index (χ2v) is 7.94. The first-order valence-corrected chi connectivity index (χ1v) is 10.3. The number of hydrogen-bond donors (Lipinski definition) is 1. The number of aromatic nitrogens is 5. The topological polar surface area (TPSA) is 98.2 Å². The second kappa shape index (κ2) is 8.68. The Balaban J connectivity index is 1.74. The standard InChI is InChI=1S/C21H20Cl2N6O3/c1-28(2)17(30)10-29-9-11(7-25-29)21-12-8-24-14(5-13(12)26-27-21)18-19(22)15(31-3)6-16(32-4)20(18)23/h5-9H,10H2,1-4H3,(H,26,27). The molecule has 0 aliphatic heterocycles. The lowest BCUT2D eigenvalue weighted by molar-refractivity contribution is -0.129. The highest BCUT2D eigenvalue weighted by molar-refractivity contribution is 6.41. The Kier molecular flexibility index (Phi) is 5.94. The molecule has 0 atom stereocenters. The number of carbonyl (C=O) groups excluding carboxylic acids is 1. The van der Waals surface area contributed by atoms with Crippen LogP contribution in [0.25, 0.3) is 33.4 Å². The fraction of sp³-hybridized carbons (Fsp3) is 0.238.